The van der Waals surface area contributed by atoms with Gasteiger partial charge in [-0.25, -0.2) is 0 Å². The summed E-state index contributed by atoms with van der Waals surface area (Å²) in [6.07, 6.45) is 4.50. The van der Waals surface area contributed by atoms with E-state index in [2.05, 4.69) is 25.1 Å². The van der Waals surface area contributed by atoms with Gasteiger partial charge in [-0.1, -0.05) is 25.1 Å². The number of nitrogens with two attached hydrogens (primary N) is 1. The zero-order valence-electron chi connectivity index (χ0n) is 10.5. The zero-order valence-corrected chi connectivity index (χ0v) is 10.5. The van der Waals surface area contributed by atoms with E-state index in [1.165, 1.54) is 23.1 Å². The second kappa shape index (κ2) is 7.42. The predicted octanol–water partition coefficient (Wildman–Crippen LogP) is 2.68. The molecule has 2 heteroatoms. The summed E-state index contributed by atoms with van der Waals surface area (Å²) in [6.45, 7) is 3.69. The molecule has 0 spiro atoms. The van der Waals surface area contributed by atoms with E-state index in [-0.39, 0.29) is 0 Å². The Bertz CT molecular complexity index is 310. The van der Waals surface area contributed by atoms with Crippen molar-refractivity contribution in [2.75, 3.05) is 13.7 Å². The number of benzene rings is 1. The Labute approximate surface area is 98.8 Å². The first-order chi connectivity index (χ1) is 7.80. The zero-order chi connectivity index (χ0) is 11.8. The van der Waals surface area contributed by atoms with Gasteiger partial charge in [0, 0.05) is 7.11 Å². The van der Waals surface area contributed by atoms with Crippen LogP contribution in [0.15, 0.2) is 18.2 Å². The summed E-state index contributed by atoms with van der Waals surface area (Å²) in [5.41, 5.74) is 9.61. The number of unbranched alkanes of at least 4 members (excludes halogenated alkanes) is 1. The highest BCUT2D eigenvalue weighted by Gasteiger charge is 2.00. The topological polar surface area (TPSA) is 35.2 Å². The van der Waals surface area contributed by atoms with E-state index in [1.54, 1.807) is 7.11 Å². The second-order valence-electron chi connectivity index (χ2n) is 4.19. The third-order valence-electron chi connectivity index (χ3n) is 2.75. The van der Waals surface area contributed by atoms with E-state index in [0.29, 0.717) is 6.61 Å². The van der Waals surface area contributed by atoms with Crippen LogP contribution in [-0.4, -0.2) is 13.7 Å². The van der Waals surface area contributed by atoms with Crippen LogP contribution in [0.3, 0.4) is 0 Å². The van der Waals surface area contributed by atoms with Crippen molar-refractivity contribution in [2.45, 2.75) is 39.2 Å². The first kappa shape index (κ1) is 13.2. The Morgan fingerprint density at radius 3 is 2.38 bits per heavy atom. The molecule has 0 aliphatic carbocycles. The van der Waals surface area contributed by atoms with Crippen molar-refractivity contribution in [2.24, 2.45) is 5.73 Å². The molecular weight excluding hydrogens is 198 g/mol. The van der Waals surface area contributed by atoms with Crippen LogP contribution < -0.4 is 5.73 Å². The largest absolute Gasteiger partial charge is 0.380 e. The maximum Gasteiger partial charge on any atom is 0.0713 e. The van der Waals surface area contributed by atoms with Gasteiger partial charge in [0.2, 0.25) is 0 Å². The number of aryl methyl sites for hydroxylation is 2. The molecule has 0 aliphatic rings. The third-order valence-corrected chi connectivity index (χ3v) is 2.75. The summed E-state index contributed by atoms with van der Waals surface area (Å²) >= 11 is 0. The Kier molecular flexibility index (Phi) is 6.12. The molecule has 0 atom stereocenters. The molecule has 2 N–H and O–H groups in total. The summed E-state index contributed by atoms with van der Waals surface area (Å²) < 4.78 is 5.19. The lowest BCUT2D eigenvalue weighted by molar-refractivity contribution is 0.185. The van der Waals surface area contributed by atoms with E-state index >= 15 is 0 Å². The molecule has 0 radical (unpaired) electrons. The van der Waals surface area contributed by atoms with Crippen molar-refractivity contribution >= 4 is 0 Å². The molecule has 16 heavy (non-hydrogen) atoms. The minimum atomic E-state index is 0.706. The number of hydrogen-bond acceptors (Lipinski definition) is 2. The van der Waals surface area contributed by atoms with Crippen LogP contribution in [0, 0.1) is 0 Å². The molecule has 0 aromatic heterocycles. The summed E-state index contributed by atoms with van der Waals surface area (Å²) in [7, 11) is 1.74. The highest BCUT2D eigenvalue weighted by atomic mass is 16.5. The lowest BCUT2D eigenvalue weighted by atomic mass is 10.0. The van der Waals surface area contributed by atoms with Gasteiger partial charge in [0.15, 0.2) is 0 Å². The van der Waals surface area contributed by atoms with Gasteiger partial charge in [-0.05, 0) is 48.9 Å². The normalized spacial score (nSPS) is 10.7. The van der Waals surface area contributed by atoms with Gasteiger partial charge in [-0.15, -0.1) is 0 Å². The lowest BCUT2D eigenvalue weighted by Gasteiger charge is -2.08. The Morgan fingerprint density at radius 2 is 1.75 bits per heavy atom. The van der Waals surface area contributed by atoms with Crippen LogP contribution in [0.1, 0.15) is 36.5 Å². The van der Waals surface area contributed by atoms with Crippen molar-refractivity contribution in [1.29, 1.82) is 0 Å². The van der Waals surface area contributed by atoms with Gasteiger partial charge in [0.05, 0.1) is 6.61 Å². The first-order valence-corrected chi connectivity index (χ1v) is 6.10. The number of rotatable bonds is 7. The van der Waals surface area contributed by atoms with Crippen molar-refractivity contribution < 1.29 is 4.74 Å². The van der Waals surface area contributed by atoms with Crippen molar-refractivity contribution in [3.8, 4) is 0 Å². The van der Waals surface area contributed by atoms with Crippen molar-refractivity contribution in [3.05, 3.63) is 34.9 Å². The average molecular weight is 221 g/mol. The summed E-state index contributed by atoms with van der Waals surface area (Å²) in [5, 5.41) is 0. The first-order valence-electron chi connectivity index (χ1n) is 6.10. The fourth-order valence-corrected chi connectivity index (χ4v) is 1.91. The second-order valence-corrected chi connectivity index (χ2v) is 4.19. The summed E-state index contributed by atoms with van der Waals surface area (Å²) in [5.74, 6) is 0. The fourth-order valence-electron chi connectivity index (χ4n) is 1.91. The molecule has 0 amide bonds. The molecule has 2 nitrogen and oxygen atoms in total. The standard InChI is InChI=1S/C14H23NO/c1-3-12-8-13(6-4-5-7-15)10-14(9-12)11-16-2/h8-10H,3-7,11,15H2,1-2H3. The molecule has 1 aromatic rings. The summed E-state index contributed by atoms with van der Waals surface area (Å²) in [6, 6.07) is 6.78. The minimum Gasteiger partial charge on any atom is -0.380 e. The van der Waals surface area contributed by atoms with Gasteiger partial charge in [0.1, 0.15) is 0 Å². The highest BCUT2D eigenvalue weighted by Crippen LogP contribution is 2.14. The molecule has 1 rings (SSSR count). The number of ether oxygens (including phenoxy) is 1. The van der Waals surface area contributed by atoms with Crippen LogP contribution in [0.25, 0.3) is 0 Å². The highest BCUT2D eigenvalue weighted by molar-refractivity contribution is 5.30. The minimum absolute atomic E-state index is 0.706. The molecule has 0 bridgehead atoms. The van der Waals surface area contributed by atoms with E-state index in [9.17, 15) is 0 Å². The molecule has 0 saturated heterocycles. The smallest absolute Gasteiger partial charge is 0.0713 e. The quantitative estimate of drug-likeness (QED) is 0.718. The van der Waals surface area contributed by atoms with Crippen LogP contribution in [-0.2, 0) is 24.2 Å². The predicted molar refractivity (Wildman–Crippen MR) is 68.5 cm³/mol. The Hall–Kier alpha value is -0.860. The van der Waals surface area contributed by atoms with Crippen LogP contribution in [0.5, 0.6) is 0 Å². The van der Waals surface area contributed by atoms with E-state index < -0.39 is 0 Å². The van der Waals surface area contributed by atoms with E-state index in [4.69, 9.17) is 10.5 Å². The number of hydrogen-bond donors (Lipinski definition) is 1. The molecule has 0 unspecified atom stereocenters. The average Bonchev–Trinajstić information content (AvgIpc) is 2.29. The Morgan fingerprint density at radius 1 is 1.06 bits per heavy atom. The van der Waals surface area contributed by atoms with Gasteiger partial charge in [0.25, 0.3) is 0 Å². The molecule has 1 aromatic carbocycles. The van der Waals surface area contributed by atoms with Crippen LogP contribution in [0.2, 0.25) is 0 Å². The van der Waals surface area contributed by atoms with Crippen molar-refractivity contribution in [3.63, 3.8) is 0 Å². The summed E-state index contributed by atoms with van der Waals surface area (Å²) in [4.78, 5) is 0. The van der Waals surface area contributed by atoms with Gasteiger partial charge < -0.3 is 10.5 Å². The van der Waals surface area contributed by atoms with E-state index in [0.717, 1.165) is 25.8 Å². The molecular formula is C14H23NO. The molecule has 0 fully saturated rings. The van der Waals surface area contributed by atoms with Crippen molar-refractivity contribution in [1.82, 2.24) is 0 Å². The molecule has 0 heterocycles. The molecule has 90 valence electrons. The van der Waals surface area contributed by atoms with Crippen LogP contribution >= 0.6 is 0 Å². The molecule has 0 aliphatic heterocycles. The van der Waals surface area contributed by atoms with Gasteiger partial charge >= 0.3 is 0 Å². The van der Waals surface area contributed by atoms with Gasteiger partial charge in [-0.3, -0.25) is 0 Å². The van der Waals surface area contributed by atoms with E-state index in [1.807, 2.05) is 0 Å². The fraction of sp³-hybridized carbons (Fsp3) is 0.571. The number of methoxy groups -OCH3 is 1. The lowest BCUT2D eigenvalue weighted by Crippen LogP contribution is -2.00. The van der Waals surface area contributed by atoms with Crippen LogP contribution in [0.4, 0.5) is 0 Å². The maximum atomic E-state index is 5.51. The maximum absolute atomic E-state index is 5.51. The monoisotopic (exact) mass is 221 g/mol. The Balaban J connectivity index is 2.69. The SMILES string of the molecule is CCc1cc(CCCCN)cc(COC)c1. The molecule has 0 saturated carbocycles. The van der Waals surface area contributed by atoms with Gasteiger partial charge in [-0.2, -0.15) is 0 Å². The third kappa shape index (κ3) is 4.33.